The summed E-state index contributed by atoms with van der Waals surface area (Å²) in [6.45, 7) is -0.330. The molecule has 0 unspecified atom stereocenters. The van der Waals surface area contributed by atoms with E-state index in [0.29, 0.717) is 22.8 Å². The van der Waals surface area contributed by atoms with Gasteiger partial charge in [-0.25, -0.2) is 13.8 Å². The van der Waals surface area contributed by atoms with Crippen molar-refractivity contribution in [2.24, 2.45) is 5.10 Å². The number of methoxy groups -OCH3 is 2. The van der Waals surface area contributed by atoms with Crippen LogP contribution in [-0.4, -0.2) is 46.2 Å². The van der Waals surface area contributed by atoms with Gasteiger partial charge >= 0.3 is 0 Å². The van der Waals surface area contributed by atoms with Crippen LogP contribution in [0.4, 0.5) is 11.4 Å². The maximum absolute atomic E-state index is 13.5. The molecule has 0 bridgehead atoms. The van der Waals surface area contributed by atoms with Crippen molar-refractivity contribution < 1.29 is 32.3 Å². The molecule has 1 amide bonds. The Labute approximate surface area is 248 Å². The molecule has 0 spiro atoms. The molecule has 0 saturated carbocycles. The number of anilines is 1. The molecule has 0 aliphatic carbocycles. The molecule has 4 rings (SSSR count). The van der Waals surface area contributed by atoms with Gasteiger partial charge in [-0.1, -0.05) is 18.2 Å². The molecule has 0 atom stereocenters. The average molecular weight is 605 g/mol. The van der Waals surface area contributed by atoms with Gasteiger partial charge in [0.25, 0.3) is 21.6 Å². The number of nitro groups is 1. The average Bonchev–Trinajstić information content (AvgIpc) is 3.03. The van der Waals surface area contributed by atoms with Gasteiger partial charge in [0.2, 0.25) is 0 Å². The minimum atomic E-state index is -4.13. The number of hydrogen-bond donors (Lipinski definition) is 1. The fourth-order valence-corrected chi connectivity index (χ4v) is 5.32. The van der Waals surface area contributed by atoms with Crippen LogP contribution in [0.3, 0.4) is 0 Å². The number of ether oxygens (including phenoxy) is 3. The van der Waals surface area contributed by atoms with Crippen LogP contribution in [0.5, 0.6) is 17.2 Å². The van der Waals surface area contributed by atoms with E-state index in [1.807, 2.05) is 0 Å². The normalized spacial score (nSPS) is 11.1. The van der Waals surface area contributed by atoms with E-state index in [2.05, 4.69) is 10.5 Å². The highest BCUT2D eigenvalue weighted by molar-refractivity contribution is 7.92. The lowest BCUT2D eigenvalue weighted by molar-refractivity contribution is -0.384. The number of amides is 1. The van der Waals surface area contributed by atoms with Crippen LogP contribution in [0.1, 0.15) is 11.1 Å². The number of nitrogens with one attached hydrogen (secondary N) is 1. The van der Waals surface area contributed by atoms with E-state index in [1.165, 1.54) is 56.8 Å². The quantitative estimate of drug-likeness (QED) is 0.133. The minimum Gasteiger partial charge on any atom is -0.493 e. The fraction of sp³-hybridized carbons (Fsp3) is 0.133. The molecule has 0 aliphatic rings. The molecule has 4 aromatic rings. The number of rotatable bonds is 13. The van der Waals surface area contributed by atoms with E-state index in [0.717, 1.165) is 9.87 Å². The molecular weight excluding hydrogens is 576 g/mol. The van der Waals surface area contributed by atoms with Gasteiger partial charge in [-0.05, 0) is 71.8 Å². The number of carbonyl (C=O) groups is 1. The van der Waals surface area contributed by atoms with Crippen LogP contribution in [0.15, 0.2) is 107 Å². The Hall–Kier alpha value is -5.43. The molecule has 0 aliphatic heterocycles. The zero-order valence-corrected chi connectivity index (χ0v) is 24.1. The first-order valence-corrected chi connectivity index (χ1v) is 14.2. The molecule has 43 heavy (non-hydrogen) atoms. The van der Waals surface area contributed by atoms with Gasteiger partial charge in [0.1, 0.15) is 18.9 Å². The number of hydrogen-bond acceptors (Lipinski definition) is 9. The zero-order chi connectivity index (χ0) is 30.8. The van der Waals surface area contributed by atoms with Crippen LogP contribution in [0, 0.1) is 10.1 Å². The van der Waals surface area contributed by atoms with Crippen molar-refractivity contribution in [1.29, 1.82) is 0 Å². The lowest BCUT2D eigenvalue weighted by Gasteiger charge is -2.24. The number of hydrazone groups is 1. The predicted molar refractivity (Wildman–Crippen MR) is 160 cm³/mol. The number of carbonyl (C=O) groups excluding carboxylic acids is 1. The van der Waals surface area contributed by atoms with E-state index < -0.39 is 27.4 Å². The summed E-state index contributed by atoms with van der Waals surface area (Å²) in [6, 6.07) is 25.2. The Balaban J connectivity index is 1.41. The van der Waals surface area contributed by atoms with Gasteiger partial charge in [0.05, 0.1) is 35.9 Å². The van der Waals surface area contributed by atoms with Crippen molar-refractivity contribution in [3.63, 3.8) is 0 Å². The summed E-state index contributed by atoms with van der Waals surface area (Å²) < 4.78 is 44.3. The number of nitrogens with zero attached hydrogens (tertiary/aromatic N) is 3. The van der Waals surface area contributed by atoms with Gasteiger partial charge in [0, 0.05) is 18.2 Å². The van der Waals surface area contributed by atoms with Crippen LogP contribution in [0.25, 0.3) is 0 Å². The minimum absolute atomic E-state index is 0.00553. The number of benzene rings is 4. The SMILES string of the molecule is COc1ccc(N(CC(=O)N/N=C\c2ccc(OCc3ccc([N+](=O)[O-])cc3)cc2)S(=O)(=O)c2ccccc2)cc1OC. The van der Waals surface area contributed by atoms with Crippen molar-refractivity contribution in [3.05, 3.63) is 118 Å². The van der Waals surface area contributed by atoms with Crippen LogP contribution < -0.4 is 23.9 Å². The maximum Gasteiger partial charge on any atom is 0.269 e. The molecular formula is C30H28N4O8S. The third kappa shape index (κ3) is 7.86. The van der Waals surface area contributed by atoms with Crippen molar-refractivity contribution in [1.82, 2.24) is 5.43 Å². The predicted octanol–water partition coefficient (Wildman–Crippen LogP) is 4.54. The molecule has 0 aromatic heterocycles. The molecule has 13 heteroatoms. The fourth-order valence-electron chi connectivity index (χ4n) is 3.89. The Bertz CT molecular complexity index is 1690. The summed E-state index contributed by atoms with van der Waals surface area (Å²) in [7, 11) is -1.24. The molecule has 222 valence electrons. The lowest BCUT2D eigenvalue weighted by atomic mass is 10.2. The monoisotopic (exact) mass is 604 g/mol. The molecule has 12 nitrogen and oxygen atoms in total. The first-order valence-electron chi connectivity index (χ1n) is 12.8. The third-order valence-corrected chi connectivity index (χ3v) is 7.90. The number of non-ortho nitro benzene ring substituents is 1. The Morgan fingerprint density at radius 1 is 0.930 bits per heavy atom. The van der Waals surface area contributed by atoms with E-state index >= 15 is 0 Å². The van der Waals surface area contributed by atoms with E-state index in [1.54, 1.807) is 60.7 Å². The molecule has 0 radical (unpaired) electrons. The topological polar surface area (TPSA) is 150 Å². The summed E-state index contributed by atoms with van der Waals surface area (Å²) >= 11 is 0. The Morgan fingerprint density at radius 2 is 1.60 bits per heavy atom. The van der Waals surface area contributed by atoms with Crippen molar-refractivity contribution in [2.75, 3.05) is 25.1 Å². The molecule has 0 fully saturated rings. The molecule has 0 saturated heterocycles. The third-order valence-electron chi connectivity index (χ3n) is 6.11. The zero-order valence-electron chi connectivity index (χ0n) is 23.2. The second-order valence-electron chi connectivity index (χ2n) is 8.94. The largest absolute Gasteiger partial charge is 0.493 e. The molecule has 1 N–H and O–H groups in total. The Morgan fingerprint density at radius 3 is 2.23 bits per heavy atom. The van der Waals surface area contributed by atoms with Gasteiger partial charge < -0.3 is 14.2 Å². The summed E-state index contributed by atoms with van der Waals surface area (Å²) in [5, 5.41) is 14.7. The van der Waals surface area contributed by atoms with Gasteiger partial charge in [-0.15, -0.1) is 0 Å². The first kappa shape index (κ1) is 30.5. The van der Waals surface area contributed by atoms with Crippen LogP contribution in [-0.2, 0) is 21.4 Å². The number of nitro benzene ring substituents is 1. The Kier molecular flexibility index (Phi) is 9.91. The highest BCUT2D eigenvalue weighted by Crippen LogP contribution is 2.33. The second kappa shape index (κ2) is 14.0. The van der Waals surface area contributed by atoms with Crippen molar-refractivity contribution >= 4 is 33.5 Å². The summed E-state index contributed by atoms with van der Waals surface area (Å²) in [4.78, 5) is 23.2. The van der Waals surface area contributed by atoms with Gasteiger partial charge in [-0.3, -0.25) is 19.2 Å². The first-order chi connectivity index (χ1) is 20.7. The molecule has 0 heterocycles. The summed E-state index contributed by atoms with van der Waals surface area (Å²) in [5.74, 6) is 0.594. The number of sulfonamides is 1. The maximum atomic E-state index is 13.5. The summed E-state index contributed by atoms with van der Waals surface area (Å²) in [6.07, 6.45) is 1.41. The van der Waals surface area contributed by atoms with E-state index in [-0.39, 0.29) is 22.9 Å². The summed E-state index contributed by atoms with van der Waals surface area (Å²) in [5.41, 5.74) is 4.00. The molecule has 4 aromatic carbocycles. The van der Waals surface area contributed by atoms with E-state index in [9.17, 15) is 23.3 Å². The second-order valence-corrected chi connectivity index (χ2v) is 10.8. The highest BCUT2D eigenvalue weighted by atomic mass is 32.2. The van der Waals surface area contributed by atoms with Gasteiger partial charge in [-0.2, -0.15) is 5.10 Å². The van der Waals surface area contributed by atoms with Crippen molar-refractivity contribution in [2.45, 2.75) is 11.5 Å². The van der Waals surface area contributed by atoms with E-state index in [4.69, 9.17) is 14.2 Å². The smallest absolute Gasteiger partial charge is 0.269 e. The van der Waals surface area contributed by atoms with Gasteiger partial charge in [0.15, 0.2) is 11.5 Å². The highest BCUT2D eigenvalue weighted by Gasteiger charge is 2.28. The standard InChI is InChI=1S/C30H28N4O8S/c1-40-28-17-14-25(18-29(28)41-2)33(43(38,39)27-6-4-3-5-7-27)20-30(35)32-31-19-22-10-15-26(16-11-22)42-21-23-8-12-24(13-9-23)34(36)37/h3-19H,20-21H2,1-2H3,(H,32,35)/b31-19-. The van der Waals surface area contributed by atoms with Crippen molar-refractivity contribution in [3.8, 4) is 17.2 Å². The lowest BCUT2D eigenvalue weighted by Crippen LogP contribution is -2.39. The van der Waals surface area contributed by atoms with Crippen LogP contribution in [0.2, 0.25) is 0 Å². The van der Waals surface area contributed by atoms with Crippen LogP contribution >= 0.6 is 0 Å².